The Balaban J connectivity index is 1.78. The number of para-hydroxylation sites is 2. The second-order valence-electron chi connectivity index (χ2n) is 5.38. The molecule has 2 amide bonds. The highest BCUT2D eigenvalue weighted by Crippen LogP contribution is 2.26. The topological polar surface area (TPSA) is 62.6 Å². The number of carbonyl (C=O) groups is 2. The molecule has 1 aliphatic heterocycles. The van der Waals surface area contributed by atoms with E-state index in [0.29, 0.717) is 29.9 Å². The summed E-state index contributed by atoms with van der Waals surface area (Å²) >= 11 is 0. The van der Waals surface area contributed by atoms with Crippen molar-refractivity contribution in [1.29, 1.82) is 0 Å². The third kappa shape index (κ3) is 2.26. The maximum atomic E-state index is 12.9. The summed E-state index contributed by atoms with van der Waals surface area (Å²) in [6.07, 6.45) is 0. The summed E-state index contributed by atoms with van der Waals surface area (Å²) in [6.45, 7) is 0.804. The zero-order chi connectivity index (χ0) is 15.8. The molecular weight excluding hydrogens is 292 g/mol. The van der Waals surface area contributed by atoms with Crippen LogP contribution in [0.5, 0.6) is 0 Å². The third-order valence-corrected chi connectivity index (χ3v) is 3.94. The van der Waals surface area contributed by atoms with E-state index in [1.165, 1.54) is 0 Å². The van der Waals surface area contributed by atoms with Crippen LogP contribution in [0.25, 0.3) is 11.0 Å². The van der Waals surface area contributed by atoms with E-state index < -0.39 is 0 Å². The summed E-state index contributed by atoms with van der Waals surface area (Å²) in [7, 11) is 0. The van der Waals surface area contributed by atoms with E-state index in [2.05, 4.69) is 5.32 Å². The van der Waals surface area contributed by atoms with E-state index in [1.807, 2.05) is 30.3 Å². The zero-order valence-electron chi connectivity index (χ0n) is 12.3. The van der Waals surface area contributed by atoms with Gasteiger partial charge in [0.2, 0.25) is 0 Å². The van der Waals surface area contributed by atoms with Crippen molar-refractivity contribution in [2.75, 3.05) is 18.0 Å². The molecule has 114 valence electrons. The van der Waals surface area contributed by atoms with E-state index in [1.54, 1.807) is 29.2 Å². The molecule has 3 aromatic rings. The van der Waals surface area contributed by atoms with Gasteiger partial charge in [-0.1, -0.05) is 30.3 Å². The zero-order valence-corrected chi connectivity index (χ0v) is 12.3. The van der Waals surface area contributed by atoms with Crippen LogP contribution in [0.4, 0.5) is 5.69 Å². The first kappa shape index (κ1) is 13.6. The number of hydrogen-bond donors (Lipinski definition) is 1. The van der Waals surface area contributed by atoms with Gasteiger partial charge in [-0.2, -0.15) is 0 Å². The minimum absolute atomic E-state index is 0.166. The normalized spacial score (nSPS) is 14.3. The maximum absolute atomic E-state index is 12.9. The van der Waals surface area contributed by atoms with Gasteiger partial charge >= 0.3 is 0 Å². The Morgan fingerprint density at radius 2 is 1.87 bits per heavy atom. The molecule has 5 heteroatoms. The molecule has 0 saturated heterocycles. The molecule has 2 heterocycles. The van der Waals surface area contributed by atoms with Gasteiger partial charge in [0.05, 0.1) is 11.3 Å². The van der Waals surface area contributed by atoms with Gasteiger partial charge < -0.3 is 14.6 Å². The fourth-order valence-corrected chi connectivity index (χ4v) is 2.83. The van der Waals surface area contributed by atoms with E-state index >= 15 is 0 Å². The molecule has 2 aromatic carbocycles. The Morgan fingerprint density at radius 1 is 1.09 bits per heavy atom. The minimum atomic E-state index is -0.245. The second kappa shape index (κ2) is 5.28. The number of nitrogens with zero attached hydrogens (tertiary/aromatic N) is 1. The van der Waals surface area contributed by atoms with Gasteiger partial charge in [0.1, 0.15) is 5.58 Å². The predicted octanol–water partition coefficient (Wildman–Crippen LogP) is 2.82. The monoisotopic (exact) mass is 306 g/mol. The number of hydrogen-bond acceptors (Lipinski definition) is 3. The van der Waals surface area contributed by atoms with Crippen LogP contribution in [0.1, 0.15) is 20.9 Å². The largest absolute Gasteiger partial charge is 0.451 e. The number of benzene rings is 2. The molecule has 4 rings (SSSR count). The molecule has 5 nitrogen and oxygen atoms in total. The van der Waals surface area contributed by atoms with E-state index in [-0.39, 0.29) is 17.6 Å². The van der Waals surface area contributed by atoms with Gasteiger partial charge in [-0.3, -0.25) is 9.59 Å². The molecule has 0 aliphatic carbocycles. The van der Waals surface area contributed by atoms with Crippen LogP contribution in [0, 0.1) is 0 Å². The molecule has 0 bridgehead atoms. The first-order valence-electron chi connectivity index (χ1n) is 7.42. The predicted molar refractivity (Wildman–Crippen MR) is 86.7 cm³/mol. The Morgan fingerprint density at radius 3 is 2.74 bits per heavy atom. The van der Waals surface area contributed by atoms with Crippen LogP contribution in [0.15, 0.2) is 59.0 Å². The lowest BCUT2D eigenvalue weighted by molar-refractivity contribution is 0.0948. The average molecular weight is 306 g/mol. The molecular formula is C18H14N2O3. The number of carbonyl (C=O) groups excluding carboxylic acids is 2. The van der Waals surface area contributed by atoms with Gasteiger partial charge in [-0.25, -0.2) is 0 Å². The SMILES string of the molecule is O=C1NCCN(C(=O)c2cc3ccccc3o2)c2ccccc21. The molecule has 0 spiro atoms. The van der Waals surface area contributed by atoms with Crippen LogP contribution in [-0.4, -0.2) is 24.9 Å². The smallest absolute Gasteiger partial charge is 0.294 e. The van der Waals surface area contributed by atoms with Gasteiger partial charge in [0.25, 0.3) is 11.8 Å². The Labute approximate surface area is 132 Å². The van der Waals surface area contributed by atoms with Gasteiger partial charge in [-0.15, -0.1) is 0 Å². The van der Waals surface area contributed by atoms with E-state index in [9.17, 15) is 9.59 Å². The summed E-state index contributed by atoms with van der Waals surface area (Å²) in [5.41, 5.74) is 1.77. The van der Waals surface area contributed by atoms with Crippen molar-refractivity contribution in [3.63, 3.8) is 0 Å². The molecule has 1 aliphatic rings. The molecule has 23 heavy (non-hydrogen) atoms. The van der Waals surface area contributed by atoms with Crippen molar-refractivity contribution < 1.29 is 14.0 Å². The fraction of sp³-hybridized carbons (Fsp3) is 0.111. The molecule has 1 aromatic heterocycles. The van der Waals surface area contributed by atoms with Gasteiger partial charge in [0.15, 0.2) is 5.76 Å². The van der Waals surface area contributed by atoms with Crippen molar-refractivity contribution in [3.8, 4) is 0 Å². The van der Waals surface area contributed by atoms with Crippen LogP contribution in [0.2, 0.25) is 0 Å². The fourth-order valence-electron chi connectivity index (χ4n) is 2.83. The lowest BCUT2D eigenvalue weighted by Crippen LogP contribution is -2.34. The van der Waals surface area contributed by atoms with Crippen molar-refractivity contribution in [2.24, 2.45) is 0 Å². The standard InChI is InChI=1S/C18H14N2O3/c21-17-13-6-2-3-7-14(13)20(10-9-19-17)18(22)16-11-12-5-1-4-8-15(12)23-16/h1-8,11H,9-10H2,(H,19,21). The summed E-state index contributed by atoms with van der Waals surface area (Å²) in [5, 5.41) is 3.68. The van der Waals surface area contributed by atoms with Crippen LogP contribution in [0.3, 0.4) is 0 Å². The number of fused-ring (bicyclic) bond motifs is 2. The van der Waals surface area contributed by atoms with Gasteiger partial charge in [0, 0.05) is 18.5 Å². The van der Waals surface area contributed by atoms with Gasteiger partial charge in [-0.05, 0) is 24.3 Å². The third-order valence-electron chi connectivity index (χ3n) is 3.94. The number of furan rings is 1. The summed E-state index contributed by atoms with van der Waals surface area (Å²) < 4.78 is 5.67. The van der Waals surface area contributed by atoms with Crippen molar-refractivity contribution in [2.45, 2.75) is 0 Å². The quantitative estimate of drug-likeness (QED) is 0.752. The molecule has 0 atom stereocenters. The highest BCUT2D eigenvalue weighted by atomic mass is 16.3. The summed E-state index contributed by atoms with van der Waals surface area (Å²) in [5.74, 6) is -0.138. The van der Waals surface area contributed by atoms with Crippen molar-refractivity contribution in [3.05, 3.63) is 65.9 Å². The molecule has 0 fully saturated rings. The summed E-state index contributed by atoms with van der Waals surface area (Å²) in [4.78, 5) is 26.6. The maximum Gasteiger partial charge on any atom is 0.294 e. The molecule has 0 radical (unpaired) electrons. The number of amides is 2. The van der Waals surface area contributed by atoms with Crippen LogP contribution < -0.4 is 10.2 Å². The second-order valence-corrected chi connectivity index (χ2v) is 5.38. The molecule has 1 N–H and O–H groups in total. The van der Waals surface area contributed by atoms with E-state index in [0.717, 1.165) is 5.39 Å². The van der Waals surface area contributed by atoms with Crippen molar-refractivity contribution >= 4 is 28.5 Å². The Kier molecular flexibility index (Phi) is 3.12. The molecule has 0 unspecified atom stereocenters. The first-order chi connectivity index (χ1) is 11.2. The average Bonchev–Trinajstić information content (AvgIpc) is 2.95. The first-order valence-corrected chi connectivity index (χ1v) is 7.42. The highest BCUT2D eigenvalue weighted by molar-refractivity contribution is 6.11. The van der Waals surface area contributed by atoms with E-state index in [4.69, 9.17) is 4.42 Å². The Bertz CT molecular complexity index is 880. The minimum Gasteiger partial charge on any atom is -0.451 e. The Hall–Kier alpha value is -3.08. The lowest BCUT2D eigenvalue weighted by Gasteiger charge is -2.20. The van der Waals surface area contributed by atoms with Crippen LogP contribution in [-0.2, 0) is 0 Å². The highest BCUT2D eigenvalue weighted by Gasteiger charge is 2.27. The summed E-state index contributed by atoms with van der Waals surface area (Å²) in [6, 6.07) is 16.3. The number of nitrogens with one attached hydrogen (secondary N) is 1. The lowest BCUT2D eigenvalue weighted by atomic mass is 10.1. The van der Waals surface area contributed by atoms with Crippen LogP contribution >= 0.6 is 0 Å². The number of anilines is 1. The molecule has 0 saturated carbocycles. The van der Waals surface area contributed by atoms with Crippen molar-refractivity contribution in [1.82, 2.24) is 5.32 Å². The number of rotatable bonds is 1.